The molecular weight excluding hydrogens is 146 g/mol. The fraction of sp³-hybridized carbons (Fsp3) is 0.167. The van der Waals surface area contributed by atoms with Gasteiger partial charge >= 0.3 is 0 Å². The minimum absolute atomic E-state index is 0.311. The zero-order valence-electron chi connectivity index (χ0n) is 5.83. The summed E-state index contributed by atoms with van der Waals surface area (Å²) in [6.45, 7) is 0.394. The van der Waals surface area contributed by atoms with Crippen LogP contribution in [0.1, 0.15) is 0 Å². The van der Waals surface area contributed by atoms with E-state index in [1.54, 1.807) is 6.20 Å². The first kappa shape index (κ1) is 7.62. The predicted octanol–water partition coefficient (Wildman–Crippen LogP) is -1.27. The van der Waals surface area contributed by atoms with Crippen LogP contribution in [-0.4, -0.2) is 12.5 Å². The number of carbonyl (C=O) groups is 1. The Bertz CT molecular complexity index is 232. The fourth-order valence-electron chi connectivity index (χ4n) is 0.807. The molecule has 11 heavy (non-hydrogen) atoms. The lowest BCUT2D eigenvalue weighted by Crippen LogP contribution is -2.25. The highest BCUT2D eigenvalue weighted by atomic mass is 16.6. The molecule has 60 valence electrons. The van der Waals surface area contributed by atoms with Crippen LogP contribution in [0.2, 0.25) is 0 Å². The van der Waals surface area contributed by atoms with Gasteiger partial charge in [0.25, 0.3) is 5.91 Å². The highest BCUT2D eigenvalue weighted by Gasteiger charge is 2.13. The van der Waals surface area contributed by atoms with Crippen LogP contribution < -0.4 is 16.9 Å². The molecule has 0 aliphatic carbocycles. The zero-order chi connectivity index (χ0) is 8.27. The Morgan fingerprint density at radius 2 is 2.45 bits per heavy atom. The standard InChI is InChI=1S/C6H9N3O2/c7-6(10)4-1-2-9-3-5(4)11-8/h1-2,9H,3,8H2,(H2,7,10). The SMILES string of the molecule is NOC1=C(C(N)=O)C=CNC1. The second kappa shape index (κ2) is 3.07. The number of primary amides is 1. The predicted molar refractivity (Wildman–Crippen MR) is 38.6 cm³/mol. The summed E-state index contributed by atoms with van der Waals surface area (Å²) in [7, 11) is 0. The van der Waals surface area contributed by atoms with Crippen molar-refractivity contribution < 1.29 is 9.63 Å². The van der Waals surface area contributed by atoms with E-state index in [2.05, 4.69) is 10.2 Å². The van der Waals surface area contributed by atoms with Crippen molar-refractivity contribution in [3.8, 4) is 0 Å². The van der Waals surface area contributed by atoms with E-state index < -0.39 is 5.91 Å². The van der Waals surface area contributed by atoms with Gasteiger partial charge in [-0.05, 0) is 12.3 Å². The van der Waals surface area contributed by atoms with E-state index in [0.717, 1.165) is 0 Å². The van der Waals surface area contributed by atoms with Crippen LogP contribution in [0.15, 0.2) is 23.6 Å². The second-order valence-electron chi connectivity index (χ2n) is 2.03. The second-order valence-corrected chi connectivity index (χ2v) is 2.03. The zero-order valence-corrected chi connectivity index (χ0v) is 5.83. The molecule has 0 aromatic rings. The first-order chi connectivity index (χ1) is 5.25. The number of hydrogen-bond donors (Lipinski definition) is 3. The molecule has 0 bridgehead atoms. The number of nitrogens with two attached hydrogens (primary N) is 2. The Balaban J connectivity index is 2.92. The minimum Gasteiger partial charge on any atom is -0.413 e. The number of dihydropyridines is 1. The van der Waals surface area contributed by atoms with Crippen LogP contribution in [0.25, 0.3) is 0 Å². The maximum absolute atomic E-state index is 10.7. The molecule has 0 radical (unpaired) electrons. The van der Waals surface area contributed by atoms with Gasteiger partial charge in [-0.15, -0.1) is 0 Å². The van der Waals surface area contributed by atoms with Gasteiger partial charge in [-0.1, -0.05) is 0 Å². The van der Waals surface area contributed by atoms with Crippen LogP contribution in [0, 0.1) is 0 Å². The van der Waals surface area contributed by atoms with E-state index in [9.17, 15) is 4.79 Å². The molecule has 1 amide bonds. The van der Waals surface area contributed by atoms with Gasteiger partial charge in [-0.2, -0.15) is 5.90 Å². The topological polar surface area (TPSA) is 90.4 Å². The summed E-state index contributed by atoms with van der Waals surface area (Å²) in [4.78, 5) is 15.1. The van der Waals surface area contributed by atoms with Crippen molar-refractivity contribution in [2.24, 2.45) is 11.6 Å². The number of amides is 1. The molecule has 0 spiro atoms. The van der Waals surface area contributed by atoms with Gasteiger partial charge in [0.05, 0.1) is 12.1 Å². The minimum atomic E-state index is -0.539. The van der Waals surface area contributed by atoms with Crippen molar-refractivity contribution in [2.75, 3.05) is 6.54 Å². The molecule has 0 atom stereocenters. The Hall–Kier alpha value is -1.49. The lowest BCUT2D eigenvalue weighted by atomic mass is 10.2. The number of rotatable bonds is 2. The fourth-order valence-corrected chi connectivity index (χ4v) is 0.807. The van der Waals surface area contributed by atoms with Crippen LogP contribution in [-0.2, 0) is 9.63 Å². The highest BCUT2D eigenvalue weighted by Crippen LogP contribution is 2.07. The summed E-state index contributed by atoms with van der Waals surface area (Å²) in [5.74, 6) is 4.71. The van der Waals surface area contributed by atoms with Crippen LogP contribution >= 0.6 is 0 Å². The van der Waals surface area contributed by atoms with Gasteiger partial charge in [-0.3, -0.25) is 4.79 Å². The number of hydrogen-bond acceptors (Lipinski definition) is 4. The van der Waals surface area contributed by atoms with Gasteiger partial charge in [0.1, 0.15) is 0 Å². The average molecular weight is 155 g/mol. The molecule has 0 unspecified atom stereocenters. The summed E-state index contributed by atoms with van der Waals surface area (Å²) in [6.07, 6.45) is 3.14. The molecular formula is C6H9N3O2. The normalized spacial score (nSPS) is 16.1. The quantitative estimate of drug-likeness (QED) is 0.434. The van der Waals surface area contributed by atoms with Gasteiger partial charge in [-0.25, -0.2) is 0 Å². The van der Waals surface area contributed by atoms with Gasteiger partial charge in [0.15, 0.2) is 5.76 Å². The summed E-state index contributed by atoms with van der Waals surface area (Å²) >= 11 is 0. The molecule has 0 saturated carbocycles. The molecule has 5 heteroatoms. The van der Waals surface area contributed by atoms with Gasteiger partial charge in [0, 0.05) is 0 Å². The first-order valence-electron chi connectivity index (χ1n) is 3.05. The molecule has 1 aliphatic heterocycles. The van der Waals surface area contributed by atoms with E-state index in [4.69, 9.17) is 11.6 Å². The van der Waals surface area contributed by atoms with Crippen molar-refractivity contribution in [3.63, 3.8) is 0 Å². The molecule has 0 aromatic heterocycles. The molecule has 0 saturated heterocycles. The van der Waals surface area contributed by atoms with Crippen LogP contribution in [0.5, 0.6) is 0 Å². The van der Waals surface area contributed by atoms with Crippen molar-refractivity contribution in [3.05, 3.63) is 23.6 Å². The van der Waals surface area contributed by atoms with E-state index >= 15 is 0 Å². The molecule has 5 N–H and O–H groups in total. The molecule has 1 rings (SSSR count). The molecule has 5 nitrogen and oxygen atoms in total. The summed E-state index contributed by atoms with van der Waals surface area (Å²) in [6, 6.07) is 0. The van der Waals surface area contributed by atoms with E-state index in [1.165, 1.54) is 6.08 Å². The Labute approximate surface area is 63.6 Å². The monoisotopic (exact) mass is 155 g/mol. The maximum Gasteiger partial charge on any atom is 0.252 e. The van der Waals surface area contributed by atoms with Crippen molar-refractivity contribution >= 4 is 5.91 Å². The molecule has 0 aromatic carbocycles. The van der Waals surface area contributed by atoms with Crippen LogP contribution in [0.4, 0.5) is 0 Å². The van der Waals surface area contributed by atoms with Crippen molar-refractivity contribution in [1.82, 2.24) is 5.32 Å². The third-order valence-corrected chi connectivity index (χ3v) is 1.34. The molecule has 1 heterocycles. The first-order valence-corrected chi connectivity index (χ1v) is 3.05. The summed E-state index contributed by atoms with van der Waals surface area (Å²) in [5, 5.41) is 2.82. The van der Waals surface area contributed by atoms with Crippen molar-refractivity contribution in [1.29, 1.82) is 0 Å². The lowest BCUT2D eigenvalue weighted by molar-refractivity contribution is -0.114. The van der Waals surface area contributed by atoms with E-state index in [0.29, 0.717) is 17.9 Å². The summed E-state index contributed by atoms with van der Waals surface area (Å²) in [5.41, 5.74) is 5.33. The smallest absolute Gasteiger partial charge is 0.252 e. The van der Waals surface area contributed by atoms with Gasteiger partial charge in [0.2, 0.25) is 0 Å². The lowest BCUT2D eigenvalue weighted by Gasteiger charge is -2.12. The maximum atomic E-state index is 10.7. The van der Waals surface area contributed by atoms with Gasteiger partial charge < -0.3 is 15.9 Å². The third kappa shape index (κ3) is 1.50. The average Bonchev–Trinajstić information content (AvgIpc) is 2.04. The highest BCUT2D eigenvalue weighted by molar-refractivity contribution is 5.95. The largest absolute Gasteiger partial charge is 0.413 e. The Morgan fingerprint density at radius 3 is 2.91 bits per heavy atom. The Kier molecular flexibility index (Phi) is 2.12. The van der Waals surface area contributed by atoms with E-state index in [-0.39, 0.29) is 0 Å². The molecule has 0 fully saturated rings. The number of nitrogens with one attached hydrogen (secondary N) is 1. The summed E-state index contributed by atoms with van der Waals surface area (Å²) < 4.78 is 0. The number of carbonyl (C=O) groups excluding carboxylic acids is 1. The third-order valence-electron chi connectivity index (χ3n) is 1.34. The molecule has 1 aliphatic rings. The van der Waals surface area contributed by atoms with E-state index in [1.807, 2.05) is 0 Å². The van der Waals surface area contributed by atoms with Crippen molar-refractivity contribution in [2.45, 2.75) is 0 Å². The van der Waals surface area contributed by atoms with Crippen LogP contribution in [0.3, 0.4) is 0 Å². The Morgan fingerprint density at radius 1 is 1.73 bits per heavy atom.